The van der Waals surface area contributed by atoms with Gasteiger partial charge in [0.2, 0.25) is 10.0 Å². The number of anilines is 1. The molecule has 13 heteroatoms. The second kappa shape index (κ2) is 7.81. The molecule has 0 aliphatic heterocycles. The summed E-state index contributed by atoms with van der Waals surface area (Å²) in [6, 6.07) is 6.26. The highest BCUT2D eigenvalue weighted by molar-refractivity contribution is 7.90. The Morgan fingerprint density at radius 3 is 2.54 bits per heavy atom. The molecule has 1 aromatic heterocycles. The molecule has 0 bridgehead atoms. The molecule has 1 aliphatic rings. The summed E-state index contributed by atoms with van der Waals surface area (Å²) >= 11 is 0. The number of hydrogen-bond acceptors (Lipinski definition) is 8. The van der Waals surface area contributed by atoms with Crippen LogP contribution in [0.1, 0.15) is 18.4 Å². The molecule has 11 nitrogen and oxygen atoms in total. The number of nitrogens with two attached hydrogens (primary N) is 4. The first-order chi connectivity index (χ1) is 13.2. The van der Waals surface area contributed by atoms with E-state index < -0.39 is 25.9 Å². The van der Waals surface area contributed by atoms with Crippen LogP contribution in [0.15, 0.2) is 45.4 Å². The van der Waals surface area contributed by atoms with Crippen LogP contribution < -0.4 is 32.7 Å². The van der Waals surface area contributed by atoms with E-state index in [-0.39, 0.29) is 28.2 Å². The summed E-state index contributed by atoms with van der Waals surface area (Å²) in [5, 5.41) is 9.14. The maximum atomic E-state index is 12.7. The molecule has 1 aromatic carbocycles. The highest BCUT2D eigenvalue weighted by Crippen LogP contribution is 2.34. The van der Waals surface area contributed by atoms with Gasteiger partial charge in [0.15, 0.2) is 5.84 Å². The summed E-state index contributed by atoms with van der Waals surface area (Å²) < 4.78 is 40.5. The molecule has 0 saturated heterocycles. The number of sulfonamides is 1. The van der Waals surface area contributed by atoms with Gasteiger partial charge in [-0.05, 0) is 36.6 Å². The fraction of sp³-hybridized carbons (Fsp3) is 0.200. The summed E-state index contributed by atoms with van der Waals surface area (Å²) in [7, 11) is -6.18. The molecule has 0 spiro atoms. The number of hydrogen-bond donors (Lipinski definition) is 6. The number of hydrazone groups is 1. The van der Waals surface area contributed by atoms with Gasteiger partial charge in [0.25, 0.3) is 0 Å². The maximum Gasteiger partial charge on any atom is 0.240 e. The van der Waals surface area contributed by atoms with Gasteiger partial charge in [-0.1, -0.05) is 6.07 Å². The number of hydrazine groups is 1. The van der Waals surface area contributed by atoms with Gasteiger partial charge in [-0.2, -0.15) is 0 Å². The molecule has 1 aliphatic carbocycles. The predicted molar refractivity (Wildman–Crippen MR) is 106 cm³/mol. The molecular weight excluding hydrogens is 404 g/mol. The first-order valence-corrected chi connectivity index (χ1v) is 10.8. The van der Waals surface area contributed by atoms with Crippen LogP contribution in [0.3, 0.4) is 0 Å². The third-order valence-corrected chi connectivity index (χ3v) is 6.44. The van der Waals surface area contributed by atoms with Gasteiger partial charge >= 0.3 is 0 Å². The van der Waals surface area contributed by atoms with Gasteiger partial charge in [0.05, 0.1) is 4.90 Å². The van der Waals surface area contributed by atoms with Crippen LogP contribution in [0, 0.1) is 0 Å². The zero-order chi connectivity index (χ0) is 20.5. The molecule has 1 atom stereocenters. The molecule has 0 radical (unpaired) electrons. The Hall–Kier alpha value is -2.58. The number of nitrogens with one attached hydrogen (secondary N) is 2. The van der Waals surface area contributed by atoms with E-state index in [9.17, 15) is 12.6 Å². The van der Waals surface area contributed by atoms with Gasteiger partial charge in [0, 0.05) is 23.4 Å². The van der Waals surface area contributed by atoms with Crippen molar-refractivity contribution < 1.29 is 12.6 Å². The molecule has 1 unspecified atom stereocenters. The number of pyridine rings is 1. The Morgan fingerprint density at radius 2 is 1.96 bits per heavy atom. The number of benzene rings is 1. The van der Waals surface area contributed by atoms with Crippen molar-refractivity contribution >= 4 is 32.7 Å². The Bertz CT molecular complexity index is 1070. The number of amidine groups is 1. The monoisotopic (exact) mass is 424 g/mol. The summed E-state index contributed by atoms with van der Waals surface area (Å²) in [4.78, 5) is 3.55. The van der Waals surface area contributed by atoms with Crippen LogP contribution in [-0.4, -0.2) is 29.5 Å². The molecule has 1 fully saturated rings. The van der Waals surface area contributed by atoms with Crippen molar-refractivity contribution in [1.82, 2.24) is 15.2 Å². The smallest absolute Gasteiger partial charge is 0.240 e. The second-order valence-electron chi connectivity index (χ2n) is 6.08. The lowest BCUT2D eigenvalue weighted by atomic mass is 9.99. The van der Waals surface area contributed by atoms with Gasteiger partial charge in [-0.15, -0.1) is 5.10 Å². The quantitative estimate of drug-likeness (QED) is 0.138. The first-order valence-electron chi connectivity index (χ1n) is 8.11. The topological polar surface area (TPSA) is 205 Å². The molecular formula is C15H20N8O3S2. The Kier molecular flexibility index (Phi) is 5.62. The molecule has 2 aromatic rings. The van der Waals surface area contributed by atoms with E-state index in [2.05, 4.69) is 14.8 Å². The van der Waals surface area contributed by atoms with Gasteiger partial charge in [-0.25, -0.2) is 38.8 Å². The lowest BCUT2D eigenvalue weighted by Gasteiger charge is -2.18. The van der Waals surface area contributed by atoms with Crippen molar-refractivity contribution in [3.63, 3.8) is 0 Å². The molecule has 0 amide bonds. The van der Waals surface area contributed by atoms with Crippen molar-refractivity contribution in [2.24, 2.45) is 21.8 Å². The summed E-state index contributed by atoms with van der Waals surface area (Å²) in [5.41, 5.74) is 14.6. The predicted octanol–water partition coefficient (Wildman–Crippen LogP) is -1.16. The zero-order valence-electron chi connectivity index (χ0n) is 14.6. The molecule has 10 N–H and O–H groups in total. The zero-order valence-corrected chi connectivity index (χ0v) is 16.3. The molecule has 150 valence electrons. The number of primary sulfonamides is 1. The van der Waals surface area contributed by atoms with Gasteiger partial charge < -0.3 is 11.5 Å². The van der Waals surface area contributed by atoms with E-state index >= 15 is 0 Å². The van der Waals surface area contributed by atoms with E-state index in [0.717, 1.165) is 12.8 Å². The molecule has 1 saturated carbocycles. The minimum atomic E-state index is -4.35. The minimum absolute atomic E-state index is 0.0363. The molecule has 1 heterocycles. The SMILES string of the molecule is NN/N=C(\N)c1c(-c2cccnc2N)ccc(S(=O)NC2CC2)c1S(N)(=O)=O. The fourth-order valence-corrected chi connectivity index (χ4v) is 5.21. The van der Waals surface area contributed by atoms with Crippen LogP contribution in [0.2, 0.25) is 0 Å². The Morgan fingerprint density at radius 1 is 1.25 bits per heavy atom. The van der Waals surface area contributed by atoms with Crippen molar-refractivity contribution in [2.45, 2.75) is 28.7 Å². The minimum Gasteiger partial charge on any atom is -0.383 e. The summed E-state index contributed by atoms with van der Waals surface area (Å²) in [5.74, 6) is 5.08. The highest BCUT2D eigenvalue weighted by atomic mass is 32.2. The van der Waals surface area contributed by atoms with Gasteiger partial charge in [0.1, 0.15) is 21.7 Å². The van der Waals surface area contributed by atoms with Crippen LogP contribution in [0.25, 0.3) is 11.1 Å². The number of rotatable bonds is 7. The third kappa shape index (κ3) is 4.13. The number of aromatic nitrogens is 1. The lowest BCUT2D eigenvalue weighted by Crippen LogP contribution is -2.29. The Balaban J connectivity index is 2.34. The lowest BCUT2D eigenvalue weighted by molar-refractivity contribution is 0.594. The summed E-state index contributed by atoms with van der Waals surface area (Å²) in [6.45, 7) is 0. The van der Waals surface area contributed by atoms with Crippen LogP contribution in [-0.2, 0) is 21.0 Å². The standard InChI is InChI=1S/C15H20N8O3S2/c16-14-10(2-1-7-20-14)9-5-6-11(27(24)22-8-3-4-8)13(28(19,25)26)12(9)15(17)21-23-18/h1-2,5-8,22-23H,3-4,18H2,(H2,16,20)(H2,17,21)(H2,19,25,26). The average molecular weight is 425 g/mol. The van der Waals surface area contributed by atoms with Crippen molar-refractivity contribution in [3.8, 4) is 11.1 Å². The number of nitrogen functional groups attached to an aromatic ring is 1. The molecule has 3 rings (SSSR count). The van der Waals surface area contributed by atoms with Crippen LogP contribution in [0.4, 0.5) is 5.82 Å². The number of nitrogens with zero attached hydrogens (tertiary/aromatic N) is 2. The average Bonchev–Trinajstić information content (AvgIpc) is 3.44. The Labute approximate surface area is 164 Å². The molecule has 28 heavy (non-hydrogen) atoms. The van der Waals surface area contributed by atoms with Crippen LogP contribution >= 0.6 is 0 Å². The van der Waals surface area contributed by atoms with E-state index in [0.29, 0.717) is 11.1 Å². The third-order valence-electron chi connectivity index (χ3n) is 4.03. The maximum absolute atomic E-state index is 12.7. The van der Waals surface area contributed by atoms with Crippen LogP contribution in [0.5, 0.6) is 0 Å². The van der Waals surface area contributed by atoms with Crippen molar-refractivity contribution in [1.29, 1.82) is 0 Å². The normalized spacial score (nSPS) is 16.0. The first kappa shape index (κ1) is 20.2. The van der Waals surface area contributed by atoms with E-state index in [4.69, 9.17) is 22.4 Å². The van der Waals surface area contributed by atoms with E-state index in [1.54, 1.807) is 12.1 Å². The van der Waals surface area contributed by atoms with E-state index in [1.165, 1.54) is 18.3 Å². The second-order valence-corrected chi connectivity index (χ2v) is 8.79. The highest BCUT2D eigenvalue weighted by Gasteiger charge is 2.31. The fourth-order valence-electron chi connectivity index (χ4n) is 2.66. The van der Waals surface area contributed by atoms with E-state index in [1.807, 2.05) is 5.53 Å². The van der Waals surface area contributed by atoms with Gasteiger partial charge in [-0.3, -0.25) is 0 Å². The summed E-state index contributed by atoms with van der Waals surface area (Å²) in [6.07, 6.45) is 3.20. The largest absolute Gasteiger partial charge is 0.383 e. The van der Waals surface area contributed by atoms with Crippen molar-refractivity contribution in [2.75, 3.05) is 5.73 Å². The van der Waals surface area contributed by atoms with Crippen molar-refractivity contribution in [3.05, 3.63) is 36.0 Å².